The maximum Gasteiger partial charge on any atom is 0.540 e. The molecule has 10 nitrogen and oxygen atoms in total. The van der Waals surface area contributed by atoms with Crippen LogP contribution < -0.4 is 0 Å². The van der Waals surface area contributed by atoms with Crippen LogP contribution in [0, 0.1) is 0 Å². The number of ether oxygens (including phenoxy) is 2. The second kappa shape index (κ2) is 16.1. The Hall–Kier alpha value is -1.65. The molecular formula is C22H38O10Si2. The minimum atomic E-state index is -3.12. The summed E-state index contributed by atoms with van der Waals surface area (Å²) in [5, 5.41) is 0. The molecule has 0 fully saturated rings. The fraction of sp³-hybridized carbons (Fsp3) is 0.636. The molecular weight excluding hydrogens is 480 g/mol. The number of carbonyl (C=O) groups is 2. The van der Waals surface area contributed by atoms with Gasteiger partial charge >= 0.3 is 29.5 Å². The topological polar surface area (TPSA) is 108 Å². The van der Waals surface area contributed by atoms with E-state index < -0.39 is 29.5 Å². The molecule has 0 saturated carbocycles. The first kappa shape index (κ1) is 30.4. The molecule has 0 aliphatic rings. The Morgan fingerprint density at radius 1 is 0.529 bits per heavy atom. The molecule has 0 aliphatic carbocycles. The van der Waals surface area contributed by atoms with Crippen LogP contribution in [0.2, 0.25) is 0 Å². The lowest BCUT2D eigenvalue weighted by Gasteiger charge is -2.27. The average molecular weight is 519 g/mol. The predicted octanol–water partition coefficient (Wildman–Crippen LogP) is 3.18. The van der Waals surface area contributed by atoms with Crippen LogP contribution in [0.3, 0.4) is 0 Å². The molecule has 0 aromatic heterocycles. The van der Waals surface area contributed by atoms with E-state index in [2.05, 4.69) is 0 Å². The summed E-state index contributed by atoms with van der Waals surface area (Å²) in [5.74, 6) is -1.15. The highest BCUT2D eigenvalue weighted by molar-refractivity contribution is 6.61. The first-order valence-corrected chi connectivity index (χ1v) is 15.5. The molecule has 0 N–H and O–H groups in total. The van der Waals surface area contributed by atoms with E-state index >= 15 is 0 Å². The van der Waals surface area contributed by atoms with Crippen LogP contribution in [-0.4, -0.2) is 81.6 Å². The standard InChI is InChI=1S/C22H38O10Si2/c1-7-27-33(28-8-2,29-9-3)17-25-21(23)19-13-15-20(16-14-19)22(24)26-18-34(30-10-4,31-11-5)32-12-6/h13-16H,7-12,17-18H2,1-6H3. The number of benzene rings is 1. The van der Waals surface area contributed by atoms with E-state index in [1.54, 1.807) is 0 Å². The maximum absolute atomic E-state index is 12.5. The summed E-state index contributed by atoms with van der Waals surface area (Å²) in [6.07, 6.45) is -0.214. The third-order valence-electron chi connectivity index (χ3n) is 4.30. The Morgan fingerprint density at radius 3 is 0.971 bits per heavy atom. The molecule has 0 amide bonds. The Kier molecular flexibility index (Phi) is 14.4. The van der Waals surface area contributed by atoms with Gasteiger partial charge in [-0.05, 0) is 65.8 Å². The average Bonchev–Trinajstić information content (AvgIpc) is 2.82. The van der Waals surface area contributed by atoms with Gasteiger partial charge in [-0.15, -0.1) is 0 Å². The normalized spacial score (nSPS) is 11.9. The number of hydrogen-bond donors (Lipinski definition) is 0. The van der Waals surface area contributed by atoms with Gasteiger partial charge in [0.25, 0.3) is 0 Å². The van der Waals surface area contributed by atoms with Crippen molar-refractivity contribution in [1.82, 2.24) is 0 Å². The van der Waals surface area contributed by atoms with E-state index in [4.69, 9.17) is 36.0 Å². The van der Waals surface area contributed by atoms with E-state index in [9.17, 15) is 9.59 Å². The van der Waals surface area contributed by atoms with Gasteiger partial charge in [0, 0.05) is 39.6 Å². The number of hydrogen-bond acceptors (Lipinski definition) is 10. The van der Waals surface area contributed by atoms with E-state index in [0.717, 1.165) is 0 Å². The first-order chi connectivity index (χ1) is 16.3. The second-order valence-electron chi connectivity index (χ2n) is 6.69. The Balaban J connectivity index is 2.79. The molecule has 1 aromatic carbocycles. The lowest BCUT2D eigenvalue weighted by Crippen LogP contribution is -2.51. The number of carbonyl (C=O) groups excluding carboxylic acids is 2. The monoisotopic (exact) mass is 518 g/mol. The van der Waals surface area contributed by atoms with Gasteiger partial charge in [0.15, 0.2) is 12.5 Å². The summed E-state index contributed by atoms with van der Waals surface area (Å²) >= 11 is 0. The van der Waals surface area contributed by atoms with Gasteiger partial charge in [-0.25, -0.2) is 9.59 Å². The third kappa shape index (κ3) is 9.54. The van der Waals surface area contributed by atoms with Crippen molar-refractivity contribution in [3.8, 4) is 0 Å². The van der Waals surface area contributed by atoms with E-state index in [1.807, 2.05) is 41.5 Å². The molecule has 0 unspecified atom stereocenters. The van der Waals surface area contributed by atoms with Crippen molar-refractivity contribution in [3.05, 3.63) is 35.4 Å². The summed E-state index contributed by atoms with van der Waals surface area (Å²) in [4.78, 5) is 25.1. The van der Waals surface area contributed by atoms with E-state index in [1.165, 1.54) is 24.3 Å². The molecule has 0 radical (unpaired) electrons. The molecule has 0 saturated heterocycles. The number of esters is 2. The molecule has 0 bridgehead atoms. The molecule has 1 aromatic rings. The summed E-state index contributed by atoms with van der Waals surface area (Å²) in [7, 11) is -6.24. The van der Waals surface area contributed by atoms with Crippen molar-refractivity contribution in [2.24, 2.45) is 0 Å². The highest BCUT2D eigenvalue weighted by atomic mass is 28.4. The summed E-state index contributed by atoms with van der Waals surface area (Å²) < 4.78 is 44.9. The molecule has 0 aliphatic heterocycles. The highest BCUT2D eigenvalue weighted by Gasteiger charge is 2.43. The van der Waals surface area contributed by atoms with Crippen LogP contribution in [-0.2, 0) is 36.0 Å². The summed E-state index contributed by atoms with van der Waals surface area (Å²) in [6.45, 7) is 13.2. The van der Waals surface area contributed by atoms with Crippen LogP contribution in [0.15, 0.2) is 24.3 Å². The lowest BCUT2D eigenvalue weighted by molar-refractivity contribution is 0.0244. The van der Waals surface area contributed by atoms with Gasteiger partial charge in [-0.2, -0.15) is 0 Å². The van der Waals surface area contributed by atoms with Gasteiger partial charge in [0.2, 0.25) is 0 Å². The lowest BCUT2D eigenvalue weighted by atomic mass is 10.1. The van der Waals surface area contributed by atoms with Crippen molar-refractivity contribution in [3.63, 3.8) is 0 Å². The Bertz CT molecular complexity index is 634. The molecule has 34 heavy (non-hydrogen) atoms. The largest absolute Gasteiger partial charge is 0.540 e. The summed E-state index contributed by atoms with van der Waals surface area (Å²) in [5.41, 5.74) is 0.538. The second-order valence-corrected chi connectivity index (χ2v) is 11.7. The molecule has 12 heteroatoms. The molecule has 0 heterocycles. The predicted molar refractivity (Wildman–Crippen MR) is 128 cm³/mol. The fourth-order valence-corrected chi connectivity index (χ4v) is 7.29. The van der Waals surface area contributed by atoms with Gasteiger partial charge in [0.1, 0.15) is 0 Å². The number of rotatable bonds is 18. The fourth-order valence-electron chi connectivity index (χ4n) is 3.04. The van der Waals surface area contributed by atoms with Crippen molar-refractivity contribution >= 4 is 29.5 Å². The minimum absolute atomic E-state index is 0.107. The zero-order valence-corrected chi connectivity index (χ0v) is 23.0. The summed E-state index contributed by atoms with van der Waals surface area (Å²) in [6, 6.07) is 5.95. The smallest absolute Gasteiger partial charge is 0.457 e. The maximum atomic E-state index is 12.5. The van der Waals surface area contributed by atoms with Crippen LogP contribution in [0.25, 0.3) is 0 Å². The van der Waals surface area contributed by atoms with Gasteiger partial charge in [-0.1, -0.05) is 0 Å². The van der Waals surface area contributed by atoms with Crippen molar-refractivity contribution in [1.29, 1.82) is 0 Å². The quantitative estimate of drug-likeness (QED) is 0.212. The van der Waals surface area contributed by atoms with Crippen molar-refractivity contribution in [2.45, 2.75) is 41.5 Å². The molecule has 194 valence electrons. The molecule has 0 atom stereocenters. The Labute approximate surface area is 204 Å². The third-order valence-corrected chi connectivity index (χ3v) is 9.67. The van der Waals surface area contributed by atoms with E-state index in [-0.39, 0.29) is 23.6 Å². The molecule has 0 spiro atoms. The van der Waals surface area contributed by atoms with Gasteiger partial charge in [-0.3, -0.25) is 0 Å². The van der Waals surface area contributed by atoms with Gasteiger partial charge < -0.3 is 36.0 Å². The molecule has 1 rings (SSSR count). The van der Waals surface area contributed by atoms with Crippen molar-refractivity contribution in [2.75, 3.05) is 52.1 Å². The Morgan fingerprint density at radius 2 is 0.765 bits per heavy atom. The van der Waals surface area contributed by atoms with Crippen molar-refractivity contribution < 1.29 is 45.6 Å². The van der Waals surface area contributed by atoms with Crippen LogP contribution in [0.4, 0.5) is 0 Å². The van der Waals surface area contributed by atoms with E-state index in [0.29, 0.717) is 39.6 Å². The minimum Gasteiger partial charge on any atom is -0.457 e. The van der Waals surface area contributed by atoms with Crippen LogP contribution in [0.1, 0.15) is 62.3 Å². The SMILES string of the molecule is CCO[Si](COC(=O)c1ccc(C(=O)OC[Si](OCC)(OCC)OCC)cc1)(OCC)OCC. The van der Waals surface area contributed by atoms with Crippen LogP contribution in [0.5, 0.6) is 0 Å². The highest BCUT2D eigenvalue weighted by Crippen LogP contribution is 2.15. The zero-order chi connectivity index (χ0) is 25.5. The van der Waals surface area contributed by atoms with Gasteiger partial charge in [0.05, 0.1) is 11.1 Å². The first-order valence-electron chi connectivity index (χ1n) is 11.6. The zero-order valence-electron chi connectivity index (χ0n) is 21.0. The van der Waals surface area contributed by atoms with Crippen LogP contribution >= 0.6 is 0 Å².